The lowest BCUT2D eigenvalue weighted by atomic mass is 9.98. The number of anilines is 1. The van der Waals surface area contributed by atoms with Gasteiger partial charge in [-0.15, -0.1) is 0 Å². The zero-order valence-corrected chi connectivity index (χ0v) is 20.6. The molecule has 3 aromatic carbocycles. The van der Waals surface area contributed by atoms with Gasteiger partial charge in [0.1, 0.15) is 18.0 Å². The van der Waals surface area contributed by atoms with Crippen molar-refractivity contribution in [1.29, 1.82) is 0 Å². The number of aliphatic hydroxyl groups is 2. The predicted octanol–water partition coefficient (Wildman–Crippen LogP) is 5.00. The van der Waals surface area contributed by atoms with Gasteiger partial charge in [-0.05, 0) is 63.9 Å². The van der Waals surface area contributed by atoms with E-state index in [0.29, 0.717) is 10.5 Å². The van der Waals surface area contributed by atoms with Gasteiger partial charge in [0.15, 0.2) is 0 Å². The molecule has 0 saturated heterocycles. The largest absolute Gasteiger partial charge is 0.443 e. The first-order chi connectivity index (χ1) is 16.5. The SMILES string of the molecule is Cc1cccc(-c2c(C)cccc2OC(=O)[C@](O)(CO)N(C(=O)OC(C)(C)C)c2ccccc2)c1. The van der Waals surface area contributed by atoms with Crippen LogP contribution < -0.4 is 9.64 Å². The fourth-order valence-corrected chi connectivity index (χ4v) is 3.66. The van der Waals surface area contributed by atoms with E-state index in [0.717, 1.165) is 16.7 Å². The molecule has 0 aliphatic carbocycles. The number of nitrogens with zero attached hydrogens (tertiary/aromatic N) is 1. The lowest BCUT2D eigenvalue weighted by Crippen LogP contribution is -2.62. The molecule has 0 radical (unpaired) electrons. The van der Waals surface area contributed by atoms with Crippen molar-refractivity contribution in [1.82, 2.24) is 0 Å². The van der Waals surface area contributed by atoms with Crippen LogP contribution in [0.15, 0.2) is 72.8 Å². The van der Waals surface area contributed by atoms with E-state index in [9.17, 15) is 19.8 Å². The number of carbonyl (C=O) groups is 2. The monoisotopic (exact) mass is 477 g/mol. The van der Waals surface area contributed by atoms with Crippen molar-refractivity contribution in [3.05, 3.63) is 83.9 Å². The fourth-order valence-electron chi connectivity index (χ4n) is 3.66. The number of para-hydroxylation sites is 1. The van der Waals surface area contributed by atoms with E-state index in [4.69, 9.17) is 9.47 Å². The van der Waals surface area contributed by atoms with Gasteiger partial charge in [0.2, 0.25) is 0 Å². The molecular formula is C28H31NO6. The average Bonchev–Trinajstić information content (AvgIpc) is 2.78. The third kappa shape index (κ3) is 5.88. The van der Waals surface area contributed by atoms with Gasteiger partial charge in [0.25, 0.3) is 5.72 Å². The van der Waals surface area contributed by atoms with Crippen LogP contribution in [-0.4, -0.2) is 40.2 Å². The van der Waals surface area contributed by atoms with Crippen LogP contribution in [-0.2, 0) is 9.53 Å². The number of ether oxygens (including phenoxy) is 2. The van der Waals surface area contributed by atoms with E-state index in [2.05, 4.69) is 0 Å². The second-order valence-electron chi connectivity index (χ2n) is 9.33. The lowest BCUT2D eigenvalue weighted by molar-refractivity contribution is -0.159. The molecule has 1 amide bonds. The van der Waals surface area contributed by atoms with Crippen LogP contribution in [0.5, 0.6) is 5.75 Å². The summed E-state index contributed by atoms with van der Waals surface area (Å²) in [6.07, 6.45) is -1.01. The van der Waals surface area contributed by atoms with Gasteiger partial charge < -0.3 is 19.7 Å². The maximum atomic E-state index is 13.4. The Labute approximate surface area is 205 Å². The zero-order chi connectivity index (χ0) is 25.8. The number of hydrogen-bond acceptors (Lipinski definition) is 6. The third-order valence-corrected chi connectivity index (χ3v) is 5.25. The molecular weight excluding hydrogens is 446 g/mol. The van der Waals surface area contributed by atoms with Crippen LogP contribution in [0.1, 0.15) is 31.9 Å². The van der Waals surface area contributed by atoms with Crippen molar-refractivity contribution >= 4 is 17.7 Å². The highest BCUT2D eigenvalue weighted by atomic mass is 16.6. The van der Waals surface area contributed by atoms with Crippen LogP contribution in [0, 0.1) is 13.8 Å². The molecule has 0 bridgehead atoms. The minimum Gasteiger partial charge on any atom is -0.443 e. The second-order valence-corrected chi connectivity index (χ2v) is 9.33. The van der Waals surface area contributed by atoms with Crippen LogP contribution in [0.3, 0.4) is 0 Å². The van der Waals surface area contributed by atoms with E-state index < -0.39 is 30.0 Å². The molecule has 0 fully saturated rings. The number of aryl methyl sites for hydroxylation is 2. The molecule has 0 heterocycles. The van der Waals surface area contributed by atoms with Crippen LogP contribution >= 0.6 is 0 Å². The Kier molecular flexibility index (Phi) is 7.63. The Morgan fingerprint density at radius 1 is 0.914 bits per heavy atom. The molecule has 7 heteroatoms. The number of esters is 1. The molecule has 0 aliphatic rings. The quantitative estimate of drug-likeness (QED) is 0.295. The third-order valence-electron chi connectivity index (χ3n) is 5.25. The van der Waals surface area contributed by atoms with E-state index in [1.165, 1.54) is 12.1 Å². The molecule has 3 rings (SSSR count). The molecule has 3 aromatic rings. The Morgan fingerprint density at radius 2 is 1.57 bits per heavy atom. The number of rotatable bonds is 6. The van der Waals surface area contributed by atoms with E-state index >= 15 is 0 Å². The molecule has 0 saturated carbocycles. The van der Waals surface area contributed by atoms with Crippen molar-refractivity contribution in [2.24, 2.45) is 0 Å². The summed E-state index contributed by atoms with van der Waals surface area (Å²) in [5.74, 6) is -1.04. The van der Waals surface area contributed by atoms with E-state index in [-0.39, 0.29) is 11.4 Å². The first-order valence-electron chi connectivity index (χ1n) is 11.3. The van der Waals surface area contributed by atoms with Crippen LogP contribution in [0.4, 0.5) is 10.5 Å². The summed E-state index contributed by atoms with van der Waals surface area (Å²) < 4.78 is 11.1. The number of amides is 1. The molecule has 7 nitrogen and oxygen atoms in total. The Hall–Kier alpha value is -3.68. The van der Waals surface area contributed by atoms with E-state index in [1.807, 2.05) is 44.2 Å². The summed E-state index contributed by atoms with van der Waals surface area (Å²) in [5, 5.41) is 21.6. The minimum absolute atomic E-state index is 0.151. The Balaban J connectivity index is 2.06. The standard InChI is InChI=1S/C28H31NO6/c1-19-11-9-13-21(17-19)24-20(2)12-10-16-23(24)34-25(31)28(33,18-30)29(22-14-7-6-8-15-22)26(32)35-27(3,4)5/h6-17,30,33H,18H2,1-5H3/t28-/m1/s1. The lowest BCUT2D eigenvalue weighted by Gasteiger charge is -2.37. The molecule has 2 N–H and O–H groups in total. The van der Waals surface area contributed by atoms with Crippen molar-refractivity contribution < 1.29 is 29.3 Å². The molecule has 184 valence electrons. The average molecular weight is 478 g/mol. The Morgan fingerprint density at radius 3 is 2.17 bits per heavy atom. The van der Waals surface area contributed by atoms with Crippen LogP contribution in [0.2, 0.25) is 0 Å². The maximum absolute atomic E-state index is 13.4. The van der Waals surface area contributed by atoms with Gasteiger partial charge >= 0.3 is 12.1 Å². The summed E-state index contributed by atoms with van der Waals surface area (Å²) in [5.41, 5.74) is -0.163. The van der Waals surface area contributed by atoms with Gasteiger partial charge in [0, 0.05) is 5.56 Å². The van der Waals surface area contributed by atoms with Crippen LogP contribution in [0.25, 0.3) is 11.1 Å². The van der Waals surface area contributed by atoms with Gasteiger partial charge in [0.05, 0.1) is 5.69 Å². The molecule has 0 aromatic heterocycles. The highest BCUT2D eigenvalue weighted by molar-refractivity contribution is 5.98. The van der Waals surface area contributed by atoms with Crippen molar-refractivity contribution in [2.75, 3.05) is 11.5 Å². The minimum atomic E-state index is -2.75. The smallest absolute Gasteiger partial charge is 0.417 e. The number of hydrogen-bond donors (Lipinski definition) is 2. The summed E-state index contributed by atoms with van der Waals surface area (Å²) in [7, 11) is 0. The zero-order valence-electron chi connectivity index (χ0n) is 20.6. The predicted molar refractivity (Wildman–Crippen MR) is 134 cm³/mol. The van der Waals surface area contributed by atoms with Gasteiger partial charge in [-0.3, -0.25) is 0 Å². The topological polar surface area (TPSA) is 96.3 Å². The van der Waals surface area contributed by atoms with Gasteiger partial charge in [-0.2, -0.15) is 0 Å². The normalized spacial score (nSPS) is 13.0. The summed E-state index contributed by atoms with van der Waals surface area (Å²) in [6, 6.07) is 20.9. The van der Waals surface area contributed by atoms with Gasteiger partial charge in [-0.1, -0.05) is 60.2 Å². The van der Waals surface area contributed by atoms with Crippen molar-refractivity contribution in [3.63, 3.8) is 0 Å². The highest BCUT2D eigenvalue weighted by Gasteiger charge is 2.49. The summed E-state index contributed by atoms with van der Waals surface area (Å²) >= 11 is 0. The Bertz CT molecular complexity index is 1200. The number of benzene rings is 3. The summed E-state index contributed by atoms with van der Waals surface area (Å²) in [6.45, 7) is 7.69. The van der Waals surface area contributed by atoms with Gasteiger partial charge in [-0.25, -0.2) is 14.5 Å². The molecule has 0 unspecified atom stereocenters. The van der Waals surface area contributed by atoms with Crippen molar-refractivity contribution in [2.45, 2.75) is 45.9 Å². The molecule has 0 spiro atoms. The number of carbonyl (C=O) groups excluding carboxylic acids is 2. The first kappa shape index (κ1) is 25.9. The second kappa shape index (κ2) is 10.3. The highest BCUT2D eigenvalue weighted by Crippen LogP contribution is 2.35. The fraction of sp³-hybridized carbons (Fsp3) is 0.286. The molecule has 1 atom stereocenters. The first-order valence-corrected chi connectivity index (χ1v) is 11.3. The molecule has 0 aliphatic heterocycles. The van der Waals surface area contributed by atoms with E-state index in [1.54, 1.807) is 51.1 Å². The number of aliphatic hydroxyl groups excluding tert-OH is 1. The molecule has 35 heavy (non-hydrogen) atoms. The van der Waals surface area contributed by atoms with Crippen molar-refractivity contribution in [3.8, 4) is 16.9 Å². The summed E-state index contributed by atoms with van der Waals surface area (Å²) in [4.78, 5) is 27.3. The maximum Gasteiger partial charge on any atom is 0.417 e.